The van der Waals surface area contributed by atoms with Crippen LogP contribution >= 0.6 is 11.3 Å². The number of hydrogen-bond acceptors (Lipinski definition) is 4. The Morgan fingerprint density at radius 1 is 1.32 bits per heavy atom. The molecule has 25 heavy (non-hydrogen) atoms. The second kappa shape index (κ2) is 6.71. The lowest BCUT2D eigenvalue weighted by Crippen LogP contribution is -2.16. The van der Waals surface area contributed by atoms with Crippen LogP contribution in [-0.4, -0.2) is 15.4 Å². The minimum Gasteiger partial charge on any atom is -0.304 e. The second-order valence-corrected chi connectivity index (χ2v) is 6.38. The zero-order valence-electron chi connectivity index (χ0n) is 13.3. The third kappa shape index (κ3) is 3.34. The third-order valence-electron chi connectivity index (χ3n) is 3.62. The van der Waals surface area contributed by atoms with Gasteiger partial charge in [0.25, 0.3) is 11.6 Å². The first-order valence-corrected chi connectivity index (χ1v) is 8.18. The number of non-ortho nitro benzene ring substituents is 1. The topological polar surface area (TPSA) is 77.5 Å². The molecule has 0 spiro atoms. The third-order valence-corrected chi connectivity index (χ3v) is 4.68. The average molecular weight is 351 g/mol. The Morgan fingerprint density at radius 2 is 2.04 bits per heavy atom. The first kappa shape index (κ1) is 16.6. The van der Waals surface area contributed by atoms with Crippen molar-refractivity contribution in [2.75, 3.05) is 0 Å². The van der Waals surface area contributed by atoms with Gasteiger partial charge in [-0.2, -0.15) is 4.99 Å². The van der Waals surface area contributed by atoms with Crippen LogP contribution in [0.25, 0.3) is 10.2 Å². The Morgan fingerprint density at radius 3 is 2.68 bits per heavy atom. The maximum absolute atomic E-state index is 12.4. The number of aryl methyl sites for hydroxylation is 1. The number of benzene rings is 2. The summed E-state index contributed by atoms with van der Waals surface area (Å²) in [6.07, 6.45) is 5.41. The lowest BCUT2D eigenvalue weighted by Gasteiger charge is -2.00. The van der Waals surface area contributed by atoms with E-state index < -0.39 is 4.92 Å². The summed E-state index contributed by atoms with van der Waals surface area (Å²) >= 11 is 1.27. The number of rotatable bonds is 3. The molecule has 0 atom stereocenters. The van der Waals surface area contributed by atoms with Crippen molar-refractivity contribution in [1.29, 1.82) is 0 Å². The number of fused-ring (bicyclic) bond motifs is 1. The van der Waals surface area contributed by atoms with Crippen molar-refractivity contribution >= 4 is 33.1 Å². The Hall–Kier alpha value is -3.24. The Kier molecular flexibility index (Phi) is 4.46. The molecule has 2 aromatic carbocycles. The van der Waals surface area contributed by atoms with Gasteiger partial charge >= 0.3 is 0 Å². The van der Waals surface area contributed by atoms with Crippen molar-refractivity contribution in [3.63, 3.8) is 0 Å². The van der Waals surface area contributed by atoms with E-state index in [0.717, 1.165) is 10.3 Å². The van der Waals surface area contributed by atoms with Gasteiger partial charge in [0, 0.05) is 17.7 Å². The van der Waals surface area contributed by atoms with E-state index in [9.17, 15) is 14.9 Å². The number of aromatic nitrogens is 1. The molecule has 0 saturated carbocycles. The predicted octanol–water partition coefficient (Wildman–Crippen LogP) is 3.29. The molecule has 0 saturated heterocycles. The Labute approximate surface area is 147 Å². The highest BCUT2D eigenvalue weighted by Gasteiger charge is 2.13. The lowest BCUT2D eigenvalue weighted by molar-refractivity contribution is -0.384. The van der Waals surface area contributed by atoms with Gasteiger partial charge in [-0.15, -0.1) is 6.42 Å². The molecule has 0 aliphatic carbocycles. The molecule has 0 fully saturated rings. The molecule has 0 radical (unpaired) electrons. The minimum absolute atomic E-state index is 0.0347. The number of terminal acetylenes is 1. The van der Waals surface area contributed by atoms with E-state index in [-0.39, 0.29) is 18.1 Å². The summed E-state index contributed by atoms with van der Waals surface area (Å²) in [5.74, 6) is 2.12. The van der Waals surface area contributed by atoms with Gasteiger partial charge in [-0.3, -0.25) is 14.9 Å². The maximum atomic E-state index is 12.4. The molecule has 3 aromatic rings. The van der Waals surface area contributed by atoms with E-state index in [0.29, 0.717) is 15.9 Å². The normalized spacial score (nSPS) is 11.4. The first-order chi connectivity index (χ1) is 12.0. The number of amides is 1. The highest BCUT2D eigenvalue weighted by Crippen LogP contribution is 2.23. The van der Waals surface area contributed by atoms with Gasteiger partial charge in [-0.25, -0.2) is 0 Å². The SMILES string of the molecule is C#CCn1c(=NC(=O)c2ccc(C)cc2)sc2ccc([N+](=O)[O-])cc21. The van der Waals surface area contributed by atoms with Crippen LogP contribution in [0.1, 0.15) is 15.9 Å². The van der Waals surface area contributed by atoms with Crippen LogP contribution in [0.5, 0.6) is 0 Å². The largest absolute Gasteiger partial charge is 0.304 e. The van der Waals surface area contributed by atoms with Crippen molar-refractivity contribution < 1.29 is 9.72 Å². The molecule has 7 heteroatoms. The number of nitrogens with zero attached hydrogens (tertiary/aromatic N) is 3. The van der Waals surface area contributed by atoms with Gasteiger partial charge in [0.05, 0.1) is 21.7 Å². The molecule has 0 unspecified atom stereocenters. The number of nitro benzene ring substituents is 1. The highest BCUT2D eigenvalue weighted by atomic mass is 32.1. The van der Waals surface area contributed by atoms with Crippen LogP contribution in [0.3, 0.4) is 0 Å². The number of thiazole rings is 1. The smallest absolute Gasteiger partial charge is 0.279 e. The van der Waals surface area contributed by atoms with Crippen molar-refractivity contribution in [3.8, 4) is 12.3 Å². The second-order valence-electron chi connectivity index (χ2n) is 5.37. The minimum atomic E-state index is -0.467. The predicted molar refractivity (Wildman–Crippen MR) is 96.4 cm³/mol. The number of carbonyl (C=O) groups is 1. The highest BCUT2D eigenvalue weighted by molar-refractivity contribution is 7.16. The van der Waals surface area contributed by atoms with E-state index in [1.807, 2.05) is 19.1 Å². The Balaban J connectivity index is 2.16. The summed E-state index contributed by atoms with van der Waals surface area (Å²) < 4.78 is 2.41. The Bertz CT molecular complexity index is 1090. The quantitative estimate of drug-likeness (QED) is 0.413. The number of hydrogen-bond donors (Lipinski definition) is 0. The fourth-order valence-corrected chi connectivity index (χ4v) is 3.36. The maximum Gasteiger partial charge on any atom is 0.279 e. The van der Waals surface area contributed by atoms with Crippen molar-refractivity contribution in [1.82, 2.24) is 4.57 Å². The summed E-state index contributed by atoms with van der Waals surface area (Å²) in [5, 5.41) is 11.0. The van der Waals surface area contributed by atoms with E-state index in [4.69, 9.17) is 6.42 Å². The molecule has 0 aliphatic rings. The molecular formula is C18H13N3O3S. The fourth-order valence-electron chi connectivity index (χ4n) is 2.35. The van der Waals surface area contributed by atoms with Crippen LogP contribution in [0.2, 0.25) is 0 Å². The van der Waals surface area contributed by atoms with Gasteiger partial charge in [-0.05, 0) is 25.1 Å². The van der Waals surface area contributed by atoms with Crippen molar-refractivity contribution in [2.45, 2.75) is 13.5 Å². The monoisotopic (exact) mass is 351 g/mol. The van der Waals surface area contributed by atoms with Crippen molar-refractivity contribution in [3.05, 3.63) is 68.5 Å². The van der Waals surface area contributed by atoms with Gasteiger partial charge in [0.2, 0.25) is 0 Å². The lowest BCUT2D eigenvalue weighted by atomic mass is 10.1. The number of nitro groups is 1. The van der Waals surface area contributed by atoms with E-state index in [1.165, 1.54) is 23.5 Å². The molecule has 3 rings (SSSR count). The molecule has 1 amide bonds. The summed E-state index contributed by atoms with van der Waals surface area (Å²) in [6, 6.07) is 11.6. The van der Waals surface area contributed by atoms with E-state index in [1.54, 1.807) is 22.8 Å². The van der Waals surface area contributed by atoms with Gasteiger partial charge in [0.15, 0.2) is 4.80 Å². The first-order valence-electron chi connectivity index (χ1n) is 7.36. The number of carbonyl (C=O) groups excluding carboxylic acids is 1. The van der Waals surface area contributed by atoms with Gasteiger partial charge < -0.3 is 4.57 Å². The zero-order valence-corrected chi connectivity index (χ0v) is 14.1. The van der Waals surface area contributed by atoms with E-state index in [2.05, 4.69) is 10.9 Å². The summed E-state index contributed by atoms with van der Waals surface area (Å²) in [5.41, 5.74) is 2.08. The van der Waals surface area contributed by atoms with Gasteiger partial charge in [0.1, 0.15) is 0 Å². The fraction of sp³-hybridized carbons (Fsp3) is 0.111. The molecule has 1 heterocycles. The molecule has 124 valence electrons. The van der Waals surface area contributed by atoms with Crippen LogP contribution in [0.4, 0.5) is 5.69 Å². The molecule has 0 aliphatic heterocycles. The van der Waals surface area contributed by atoms with E-state index >= 15 is 0 Å². The van der Waals surface area contributed by atoms with Crippen LogP contribution in [0.15, 0.2) is 47.5 Å². The van der Waals surface area contributed by atoms with Gasteiger partial charge in [-0.1, -0.05) is 35.0 Å². The van der Waals surface area contributed by atoms with Crippen LogP contribution in [0, 0.1) is 29.4 Å². The summed E-state index contributed by atoms with van der Waals surface area (Å²) in [7, 11) is 0. The molecular weight excluding hydrogens is 338 g/mol. The average Bonchev–Trinajstić information content (AvgIpc) is 2.92. The standard InChI is InChI=1S/C18H13N3O3S/c1-3-10-20-15-11-14(21(23)24)8-9-16(15)25-18(20)19-17(22)13-6-4-12(2)5-7-13/h1,4-9,11H,10H2,2H3. The van der Waals surface area contributed by atoms with Crippen molar-refractivity contribution in [2.24, 2.45) is 4.99 Å². The summed E-state index contributed by atoms with van der Waals surface area (Å²) in [4.78, 5) is 27.5. The molecule has 6 nitrogen and oxygen atoms in total. The zero-order chi connectivity index (χ0) is 18.0. The van der Waals surface area contributed by atoms with Crippen LogP contribution in [-0.2, 0) is 6.54 Å². The molecule has 0 bridgehead atoms. The summed E-state index contributed by atoms with van der Waals surface area (Å²) in [6.45, 7) is 2.10. The molecule has 0 N–H and O–H groups in total. The van der Waals surface area contributed by atoms with Crippen LogP contribution < -0.4 is 4.80 Å². The molecule has 1 aromatic heterocycles.